The minimum atomic E-state index is 0.218. The first-order valence-corrected chi connectivity index (χ1v) is 7.12. The highest BCUT2D eigenvalue weighted by Crippen LogP contribution is 2.17. The van der Waals surface area contributed by atoms with Gasteiger partial charge in [0.25, 0.3) is 0 Å². The molecule has 1 aromatic heterocycles. The second-order valence-corrected chi connectivity index (χ2v) is 5.58. The Balaban J connectivity index is 2.04. The number of aromatic nitrogens is 1. The van der Waals surface area contributed by atoms with E-state index in [0.717, 1.165) is 38.3 Å². The molecule has 0 aliphatic carbocycles. The lowest BCUT2D eigenvalue weighted by Crippen LogP contribution is -2.48. The number of pyridine rings is 1. The molecule has 0 aromatic carbocycles. The van der Waals surface area contributed by atoms with Gasteiger partial charge >= 0.3 is 0 Å². The average molecular weight is 263 g/mol. The van der Waals surface area contributed by atoms with Crippen LogP contribution in [0.2, 0.25) is 0 Å². The third kappa shape index (κ3) is 3.91. The Morgan fingerprint density at radius 1 is 1.47 bits per heavy atom. The van der Waals surface area contributed by atoms with Gasteiger partial charge in [0.1, 0.15) is 0 Å². The molecule has 2 heterocycles. The standard InChI is InChI=1S/C15H25N3O/c1-4-15(2)12-18(10-6-9-16-15)11-13-7-5-8-14(17-13)19-3/h5,7-8,16H,4,6,9-12H2,1-3H3. The fourth-order valence-electron chi connectivity index (χ4n) is 2.58. The van der Waals surface area contributed by atoms with Gasteiger partial charge in [0.2, 0.25) is 5.88 Å². The van der Waals surface area contributed by atoms with Crippen molar-refractivity contribution in [3.63, 3.8) is 0 Å². The van der Waals surface area contributed by atoms with Gasteiger partial charge in [-0.05, 0) is 38.9 Å². The summed E-state index contributed by atoms with van der Waals surface area (Å²) >= 11 is 0. The first kappa shape index (κ1) is 14.3. The van der Waals surface area contributed by atoms with Crippen molar-refractivity contribution >= 4 is 0 Å². The molecule has 4 nitrogen and oxygen atoms in total. The second-order valence-electron chi connectivity index (χ2n) is 5.58. The van der Waals surface area contributed by atoms with Crippen LogP contribution >= 0.6 is 0 Å². The predicted octanol–water partition coefficient (Wildman–Crippen LogP) is 2.05. The molecule has 19 heavy (non-hydrogen) atoms. The molecular formula is C15H25N3O. The number of nitrogens with zero attached hydrogens (tertiary/aromatic N) is 2. The Kier molecular flexibility index (Phi) is 4.77. The van der Waals surface area contributed by atoms with Crippen molar-refractivity contribution in [1.29, 1.82) is 0 Å². The first-order valence-electron chi connectivity index (χ1n) is 7.12. The lowest BCUT2D eigenvalue weighted by Gasteiger charge is -2.32. The number of ether oxygens (including phenoxy) is 1. The summed E-state index contributed by atoms with van der Waals surface area (Å²) in [7, 11) is 1.66. The zero-order valence-electron chi connectivity index (χ0n) is 12.3. The molecule has 0 bridgehead atoms. The molecule has 0 spiro atoms. The SMILES string of the molecule is CCC1(C)CN(Cc2cccc(OC)n2)CCCN1. The van der Waals surface area contributed by atoms with Crippen molar-refractivity contribution in [3.8, 4) is 5.88 Å². The van der Waals surface area contributed by atoms with Crippen molar-refractivity contribution in [2.45, 2.75) is 38.8 Å². The summed E-state index contributed by atoms with van der Waals surface area (Å²) in [6, 6.07) is 5.98. The van der Waals surface area contributed by atoms with Gasteiger partial charge in [-0.15, -0.1) is 0 Å². The number of nitrogens with one attached hydrogen (secondary N) is 1. The second kappa shape index (κ2) is 6.35. The first-order chi connectivity index (χ1) is 9.15. The van der Waals surface area contributed by atoms with E-state index in [1.54, 1.807) is 7.11 Å². The summed E-state index contributed by atoms with van der Waals surface area (Å²) in [5.41, 5.74) is 1.30. The number of methoxy groups -OCH3 is 1. The monoisotopic (exact) mass is 263 g/mol. The Morgan fingerprint density at radius 3 is 3.05 bits per heavy atom. The number of rotatable bonds is 4. The largest absolute Gasteiger partial charge is 0.481 e. The van der Waals surface area contributed by atoms with E-state index in [1.807, 2.05) is 12.1 Å². The summed E-state index contributed by atoms with van der Waals surface area (Å²) in [5.74, 6) is 0.698. The Hall–Kier alpha value is -1.13. The van der Waals surface area contributed by atoms with Crippen LogP contribution in [-0.2, 0) is 6.54 Å². The molecule has 1 aliphatic rings. The molecule has 1 unspecified atom stereocenters. The molecule has 106 valence electrons. The van der Waals surface area contributed by atoms with Crippen LogP contribution in [0.1, 0.15) is 32.4 Å². The molecule has 1 aromatic rings. The van der Waals surface area contributed by atoms with Gasteiger partial charge < -0.3 is 10.1 Å². The fourth-order valence-corrected chi connectivity index (χ4v) is 2.58. The highest BCUT2D eigenvalue weighted by atomic mass is 16.5. The van der Waals surface area contributed by atoms with Gasteiger partial charge in [-0.25, -0.2) is 4.98 Å². The molecule has 1 fully saturated rings. The summed E-state index contributed by atoms with van der Waals surface area (Å²) in [6.45, 7) is 8.76. The summed E-state index contributed by atoms with van der Waals surface area (Å²) in [4.78, 5) is 7.00. The maximum absolute atomic E-state index is 5.19. The van der Waals surface area contributed by atoms with E-state index in [9.17, 15) is 0 Å². The van der Waals surface area contributed by atoms with E-state index >= 15 is 0 Å². The molecule has 0 saturated carbocycles. The topological polar surface area (TPSA) is 37.4 Å². The van der Waals surface area contributed by atoms with Crippen LogP contribution in [0, 0.1) is 0 Å². The van der Waals surface area contributed by atoms with Gasteiger partial charge in [0, 0.05) is 24.7 Å². The van der Waals surface area contributed by atoms with Crippen LogP contribution in [0.15, 0.2) is 18.2 Å². The molecule has 0 amide bonds. The van der Waals surface area contributed by atoms with Gasteiger partial charge in [-0.2, -0.15) is 0 Å². The van der Waals surface area contributed by atoms with E-state index in [0.29, 0.717) is 5.88 Å². The quantitative estimate of drug-likeness (QED) is 0.902. The number of hydrogen-bond acceptors (Lipinski definition) is 4. The van der Waals surface area contributed by atoms with Crippen LogP contribution in [0.4, 0.5) is 0 Å². The van der Waals surface area contributed by atoms with Crippen LogP contribution in [0.3, 0.4) is 0 Å². The van der Waals surface area contributed by atoms with Crippen LogP contribution in [0.25, 0.3) is 0 Å². The Labute approximate surface area is 116 Å². The molecule has 1 atom stereocenters. The third-order valence-corrected chi connectivity index (χ3v) is 3.93. The molecule has 0 radical (unpaired) electrons. The van der Waals surface area contributed by atoms with Crippen molar-refractivity contribution < 1.29 is 4.74 Å². The van der Waals surface area contributed by atoms with E-state index in [1.165, 1.54) is 6.42 Å². The van der Waals surface area contributed by atoms with E-state index < -0.39 is 0 Å². The summed E-state index contributed by atoms with van der Waals surface area (Å²) in [6.07, 6.45) is 2.34. The molecule has 1 N–H and O–H groups in total. The van der Waals surface area contributed by atoms with Crippen LogP contribution in [-0.4, -0.2) is 42.2 Å². The normalized spacial score (nSPS) is 25.0. The zero-order valence-corrected chi connectivity index (χ0v) is 12.3. The minimum Gasteiger partial charge on any atom is -0.481 e. The van der Waals surface area contributed by atoms with Crippen LogP contribution in [0.5, 0.6) is 5.88 Å². The molecule has 2 rings (SSSR count). The zero-order chi connectivity index (χ0) is 13.7. The molecule has 1 saturated heterocycles. The Morgan fingerprint density at radius 2 is 2.32 bits per heavy atom. The van der Waals surface area contributed by atoms with Crippen LogP contribution < -0.4 is 10.1 Å². The molecule has 1 aliphatic heterocycles. The van der Waals surface area contributed by atoms with Crippen molar-refractivity contribution in [2.24, 2.45) is 0 Å². The van der Waals surface area contributed by atoms with Gasteiger partial charge in [-0.1, -0.05) is 13.0 Å². The lowest BCUT2D eigenvalue weighted by atomic mass is 9.98. The average Bonchev–Trinajstić information content (AvgIpc) is 2.61. The van der Waals surface area contributed by atoms with E-state index in [4.69, 9.17) is 4.74 Å². The van der Waals surface area contributed by atoms with E-state index in [2.05, 4.69) is 35.1 Å². The maximum atomic E-state index is 5.19. The van der Waals surface area contributed by atoms with Gasteiger partial charge in [0.15, 0.2) is 0 Å². The summed E-state index contributed by atoms with van der Waals surface area (Å²) < 4.78 is 5.19. The third-order valence-electron chi connectivity index (χ3n) is 3.93. The molecule has 4 heteroatoms. The lowest BCUT2D eigenvalue weighted by molar-refractivity contribution is 0.206. The predicted molar refractivity (Wildman–Crippen MR) is 77.4 cm³/mol. The van der Waals surface area contributed by atoms with Crippen molar-refractivity contribution in [2.75, 3.05) is 26.7 Å². The van der Waals surface area contributed by atoms with Gasteiger partial charge in [0.05, 0.1) is 12.8 Å². The highest BCUT2D eigenvalue weighted by Gasteiger charge is 2.27. The van der Waals surface area contributed by atoms with Crippen molar-refractivity contribution in [1.82, 2.24) is 15.2 Å². The van der Waals surface area contributed by atoms with E-state index in [-0.39, 0.29) is 5.54 Å². The maximum Gasteiger partial charge on any atom is 0.213 e. The highest BCUT2D eigenvalue weighted by molar-refractivity contribution is 5.15. The number of hydrogen-bond donors (Lipinski definition) is 1. The smallest absolute Gasteiger partial charge is 0.213 e. The minimum absolute atomic E-state index is 0.218. The molecular weight excluding hydrogens is 238 g/mol. The Bertz CT molecular complexity index is 410. The fraction of sp³-hybridized carbons (Fsp3) is 0.667. The summed E-state index contributed by atoms with van der Waals surface area (Å²) in [5, 5.41) is 3.66. The van der Waals surface area contributed by atoms with Crippen molar-refractivity contribution in [3.05, 3.63) is 23.9 Å². The van der Waals surface area contributed by atoms with Gasteiger partial charge in [-0.3, -0.25) is 4.90 Å².